The zero-order valence-electron chi connectivity index (χ0n) is 13.0. The van der Waals surface area contributed by atoms with Gasteiger partial charge in [0, 0.05) is 12.1 Å². The molecule has 0 bridgehead atoms. The third-order valence-electron chi connectivity index (χ3n) is 3.78. The monoisotopic (exact) mass is 325 g/mol. The number of hydrogen-bond donors (Lipinski definition) is 1. The molecule has 1 heterocycles. The van der Waals surface area contributed by atoms with Crippen molar-refractivity contribution < 1.29 is 4.74 Å². The number of benzene rings is 2. The molecule has 0 atom stereocenters. The molecule has 0 unspecified atom stereocenters. The standard InChI is InChI=1S/C18H19N3OS/c1-22-16-12-10-14(11-13-16)6-5-9-17-19-20-18(23)21(17)15-7-3-2-4-8-15/h2-4,7-8,10-13H,5-6,9H2,1H3,(H,20,23). The molecule has 4 nitrogen and oxygen atoms in total. The van der Waals surface area contributed by atoms with Gasteiger partial charge in [0.05, 0.1) is 7.11 Å². The number of methoxy groups -OCH3 is 1. The van der Waals surface area contributed by atoms with Gasteiger partial charge in [0.1, 0.15) is 11.6 Å². The van der Waals surface area contributed by atoms with Crippen molar-refractivity contribution in [1.82, 2.24) is 14.8 Å². The van der Waals surface area contributed by atoms with Gasteiger partial charge in [0.25, 0.3) is 0 Å². The van der Waals surface area contributed by atoms with E-state index in [2.05, 4.69) is 22.3 Å². The van der Waals surface area contributed by atoms with Crippen LogP contribution in [0.2, 0.25) is 0 Å². The number of ether oxygens (including phenoxy) is 1. The molecule has 1 N–H and O–H groups in total. The van der Waals surface area contributed by atoms with Crippen LogP contribution in [-0.4, -0.2) is 21.9 Å². The van der Waals surface area contributed by atoms with Crippen molar-refractivity contribution in [2.24, 2.45) is 0 Å². The molecular formula is C18H19N3OS. The predicted octanol–water partition coefficient (Wildman–Crippen LogP) is 4.11. The van der Waals surface area contributed by atoms with Crippen LogP contribution >= 0.6 is 12.2 Å². The molecule has 0 aliphatic rings. The first kappa shape index (κ1) is 15.5. The summed E-state index contributed by atoms with van der Waals surface area (Å²) in [6, 6.07) is 18.3. The van der Waals surface area contributed by atoms with E-state index in [1.165, 1.54) is 5.56 Å². The number of hydrogen-bond acceptors (Lipinski definition) is 3. The fourth-order valence-corrected chi connectivity index (χ4v) is 2.84. The van der Waals surface area contributed by atoms with Crippen LogP contribution in [0.4, 0.5) is 0 Å². The minimum absolute atomic E-state index is 0.635. The number of para-hydroxylation sites is 1. The first-order valence-electron chi connectivity index (χ1n) is 7.62. The molecule has 23 heavy (non-hydrogen) atoms. The van der Waals surface area contributed by atoms with Gasteiger partial charge in [-0.2, -0.15) is 5.10 Å². The highest BCUT2D eigenvalue weighted by atomic mass is 32.1. The third-order valence-corrected chi connectivity index (χ3v) is 4.05. The van der Waals surface area contributed by atoms with Gasteiger partial charge < -0.3 is 4.74 Å². The Bertz CT molecular complexity index is 806. The van der Waals surface area contributed by atoms with Crippen LogP contribution in [0.3, 0.4) is 0 Å². The second-order valence-electron chi connectivity index (χ2n) is 5.32. The Kier molecular flexibility index (Phi) is 4.88. The predicted molar refractivity (Wildman–Crippen MR) is 93.8 cm³/mol. The smallest absolute Gasteiger partial charge is 0.199 e. The van der Waals surface area contributed by atoms with Gasteiger partial charge in [0.2, 0.25) is 0 Å². The Morgan fingerprint density at radius 1 is 1.04 bits per heavy atom. The molecule has 3 rings (SSSR count). The van der Waals surface area contributed by atoms with Crippen LogP contribution in [0.25, 0.3) is 5.69 Å². The molecule has 1 aromatic heterocycles. The maximum absolute atomic E-state index is 5.36. The molecule has 5 heteroatoms. The molecule has 0 saturated heterocycles. The molecule has 0 radical (unpaired) electrons. The van der Waals surface area contributed by atoms with Crippen LogP contribution in [0.5, 0.6) is 5.75 Å². The number of aromatic amines is 1. The van der Waals surface area contributed by atoms with Gasteiger partial charge in [-0.15, -0.1) is 0 Å². The average molecular weight is 325 g/mol. The van der Waals surface area contributed by atoms with Gasteiger partial charge in [-0.05, 0) is 54.9 Å². The number of aryl methyl sites for hydroxylation is 2. The zero-order valence-corrected chi connectivity index (χ0v) is 13.8. The lowest BCUT2D eigenvalue weighted by Crippen LogP contribution is -2.02. The first-order chi connectivity index (χ1) is 11.3. The second-order valence-corrected chi connectivity index (χ2v) is 5.70. The maximum atomic E-state index is 5.36. The molecule has 0 saturated carbocycles. The Morgan fingerprint density at radius 3 is 2.48 bits per heavy atom. The Morgan fingerprint density at radius 2 is 1.78 bits per heavy atom. The van der Waals surface area contributed by atoms with Crippen molar-refractivity contribution >= 4 is 12.2 Å². The second kappa shape index (κ2) is 7.24. The van der Waals surface area contributed by atoms with Crippen LogP contribution in [0, 0.1) is 4.77 Å². The highest BCUT2D eigenvalue weighted by molar-refractivity contribution is 7.71. The SMILES string of the molecule is COc1ccc(CCCc2n[nH]c(=S)n2-c2ccccc2)cc1. The van der Waals surface area contributed by atoms with Crippen LogP contribution in [-0.2, 0) is 12.8 Å². The van der Waals surface area contributed by atoms with Crippen molar-refractivity contribution in [3.05, 3.63) is 70.8 Å². The number of rotatable bonds is 6. The zero-order chi connectivity index (χ0) is 16.1. The Labute approximate surface area is 140 Å². The summed E-state index contributed by atoms with van der Waals surface area (Å²) in [5, 5.41) is 7.28. The molecule has 0 aliphatic heterocycles. The van der Waals surface area contributed by atoms with E-state index in [0.29, 0.717) is 4.77 Å². The van der Waals surface area contributed by atoms with E-state index >= 15 is 0 Å². The van der Waals surface area contributed by atoms with Crippen LogP contribution in [0.15, 0.2) is 54.6 Å². The molecular weight excluding hydrogens is 306 g/mol. The summed E-state index contributed by atoms with van der Waals surface area (Å²) in [5.41, 5.74) is 2.34. The van der Waals surface area contributed by atoms with Crippen molar-refractivity contribution in [3.63, 3.8) is 0 Å². The van der Waals surface area contributed by atoms with Gasteiger partial charge in [-0.25, -0.2) is 0 Å². The molecule has 118 valence electrons. The lowest BCUT2D eigenvalue weighted by atomic mass is 10.1. The van der Waals surface area contributed by atoms with Crippen molar-refractivity contribution in [2.45, 2.75) is 19.3 Å². The van der Waals surface area contributed by atoms with Gasteiger partial charge in [-0.3, -0.25) is 9.67 Å². The summed E-state index contributed by atoms with van der Waals surface area (Å²) < 4.78 is 7.82. The van der Waals surface area contributed by atoms with Crippen molar-refractivity contribution in [1.29, 1.82) is 0 Å². The lowest BCUT2D eigenvalue weighted by Gasteiger charge is -2.07. The number of nitrogens with zero attached hydrogens (tertiary/aromatic N) is 2. The highest BCUT2D eigenvalue weighted by Crippen LogP contribution is 2.15. The summed E-state index contributed by atoms with van der Waals surface area (Å²) >= 11 is 5.36. The maximum Gasteiger partial charge on any atom is 0.199 e. The topological polar surface area (TPSA) is 42.8 Å². The molecule has 0 amide bonds. The Hall–Kier alpha value is -2.40. The van der Waals surface area contributed by atoms with E-state index in [9.17, 15) is 0 Å². The van der Waals surface area contributed by atoms with E-state index in [1.54, 1.807) is 7.11 Å². The first-order valence-corrected chi connectivity index (χ1v) is 8.03. The highest BCUT2D eigenvalue weighted by Gasteiger charge is 2.08. The fourth-order valence-electron chi connectivity index (χ4n) is 2.58. The van der Waals surface area contributed by atoms with E-state index in [1.807, 2.05) is 47.0 Å². The van der Waals surface area contributed by atoms with E-state index in [4.69, 9.17) is 17.0 Å². The van der Waals surface area contributed by atoms with E-state index < -0.39 is 0 Å². The van der Waals surface area contributed by atoms with Crippen molar-refractivity contribution in [3.8, 4) is 11.4 Å². The van der Waals surface area contributed by atoms with Gasteiger partial charge in [-0.1, -0.05) is 30.3 Å². The quantitative estimate of drug-likeness (QED) is 0.693. The minimum Gasteiger partial charge on any atom is -0.497 e. The average Bonchev–Trinajstić information content (AvgIpc) is 2.97. The van der Waals surface area contributed by atoms with Gasteiger partial charge >= 0.3 is 0 Å². The molecule has 0 spiro atoms. The molecule has 3 aromatic rings. The third kappa shape index (κ3) is 3.68. The van der Waals surface area contributed by atoms with E-state index in [0.717, 1.165) is 36.5 Å². The Balaban J connectivity index is 1.68. The fraction of sp³-hybridized carbons (Fsp3) is 0.222. The molecule has 0 aliphatic carbocycles. The number of aromatic nitrogens is 3. The summed E-state index contributed by atoms with van der Waals surface area (Å²) in [6.07, 6.45) is 2.88. The largest absolute Gasteiger partial charge is 0.497 e. The van der Waals surface area contributed by atoms with Crippen molar-refractivity contribution in [2.75, 3.05) is 7.11 Å². The summed E-state index contributed by atoms with van der Waals surface area (Å²) in [6.45, 7) is 0. The minimum atomic E-state index is 0.635. The van der Waals surface area contributed by atoms with E-state index in [-0.39, 0.29) is 0 Å². The number of H-pyrrole nitrogens is 1. The lowest BCUT2D eigenvalue weighted by molar-refractivity contribution is 0.414. The van der Waals surface area contributed by atoms with Gasteiger partial charge in [0.15, 0.2) is 4.77 Å². The normalized spacial score (nSPS) is 10.7. The number of nitrogens with one attached hydrogen (secondary N) is 1. The summed E-state index contributed by atoms with van der Waals surface area (Å²) in [5.74, 6) is 1.86. The van der Waals surface area contributed by atoms with Crippen LogP contribution in [0.1, 0.15) is 17.8 Å². The molecule has 2 aromatic carbocycles. The summed E-state index contributed by atoms with van der Waals surface area (Å²) in [4.78, 5) is 0. The van der Waals surface area contributed by atoms with Crippen LogP contribution < -0.4 is 4.74 Å². The molecule has 0 fully saturated rings. The summed E-state index contributed by atoms with van der Waals surface area (Å²) in [7, 11) is 1.68.